The maximum atomic E-state index is 11.4. The molecule has 2 aromatic carbocycles. The quantitative estimate of drug-likeness (QED) is 0.574. The first-order valence-electron chi connectivity index (χ1n) is 8.61. The minimum atomic E-state index is 0.0249. The van der Waals surface area contributed by atoms with Crippen LogP contribution >= 0.6 is 0 Å². The minimum absolute atomic E-state index is 0.0249. The van der Waals surface area contributed by atoms with Gasteiger partial charge in [0, 0.05) is 17.8 Å². The Morgan fingerprint density at radius 3 is 2.46 bits per heavy atom. The number of nitrogens with one attached hydrogen (secondary N) is 2. The van der Waals surface area contributed by atoms with Gasteiger partial charge in [-0.3, -0.25) is 4.79 Å². The SMILES string of the molecule is COc1ccc(CNc2nncc(Nc3ccc(C(C)=O)cc3)n2)cc1OC. The van der Waals surface area contributed by atoms with Crippen LogP contribution in [-0.2, 0) is 6.54 Å². The van der Waals surface area contributed by atoms with Crippen LogP contribution in [0.15, 0.2) is 48.7 Å². The Bertz CT molecular complexity index is 960. The highest BCUT2D eigenvalue weighted by atomic mass is 16.5. The molecule has 0 bridgehead atoms. The van der Waals surface area contributed by atoms with Gasteiger partial charge >= 0.3 is 0 Å². The van der Waals surface area contributed by atoms with Gasteiger partial charge in [-0.15, -0.1) is 5.10 Å². The summed E-state index contributed by atoms with van der Waals surface area (Å²) in [5.41, 5.74) is 2.44. The number of rotatable bonds is 8. The molecule has 0 unspecified atom stereocenters. The molecule has 8 nitrogen and oxygen atoms in total. The number of aromatic nitrogens is 3. The van der Waals surface area contributed by atoms with E-state index >= 15 is 0 Å². The van der Waals surface area contributed by atoms with Crippen molar-refractivity contribution < 1.29 is 14.3 Å². The molecule has 1 heterocycles. The second kappa shape index (κ2) is 8.81. The standard InChI is InChI=1S/C20H21N5O3/c1-13(26)15-5-7-16(8-6-15)23-19-12-22-25-20(24-19)21-11-14-4-9-17(27-2)18(10-14)28-3/h4-10,12H,11H2,1-3H3,(H2,21,23,24,25). The topological polar surface area (TPSA) is 98.3 Å². The van der Waals surface area contributed by atoms with E-state index < -0.39 is 0 Å². The van der Waals surface area contributed by atoms with Crippen molar-refractivity contribution in [2.45, 2.75) is 13.5 Å². The highest BCUT2D eigenvalue weighted by molar-refractivity contribution is 5.94. The van der Waals surface area contributed by atoms with E-state index in [4.69, 9.17) is 9.47 Å². The first-order valence-corrected chi connectivity index (χ1v) is 8.61. The summed E-state index contributed by atoms with van der Waals surface area (Å²) in [6.07, 6.45) is 1.53. The second-order valence-electron chi connectivity index (χ2n) is 5.97. The molecule has 0 radical (unpaired) electrons. The van der Waals surface area contributed by atoms with E-state index in [-0.39, 0.29) is 5.78 Å². The maximum Gasteiger partial charge on any atom is 0.244 e. The van der Waals surface area contributed by atoms with E-state index in [1.54, 1.807) is 26.4 Å². The zero-order chi connectivity index (χ0) is 19.9. The van der Waals surface area contributed by atoms with Gasteiger partial charge in [-0.1, -0.05) is 6.07 Å². The number of ketones is 1. The van der Waals surface area contributed by atoms with Crippen LogP contribution in [0.5, 0.6) is 11.5 Å². The highest BCUT2D eigenvalue weighted by Gasteiger charge is 2.06. The van der Waals surface area contributed by atoms with Crippen LogP contribution in [0, 0.1) is 0 Å². The molecular weight excluding hydrogens is 358 g/mol. The molecule has 0 fully saturated rings. The third-order valence-corrected chi connectivity index (χ3v) is 4.02. The summed E-state index contributed by atoms with van der Waals surface area (Å²) in [6, 6.07) is 12.8. The summed E-state index contributed by atoms with van der Waals surface area (Å²) in [7, 11) is 3.20. The number of ether oxygens (including phenoxy) is 2. The first kappa shape index (κ1) is 19.1. The average molecular weight is 379 g/mol. The van der Waals surface area contributed by atoms with Crippen LogP contribution in [0.1, 0.15) is 22.8 Å². The summed E-state index contributed by atoms with van der Waals surface area (Å²) in [6.45, 7) is 2.03. The van der Waals surface area contributed by atoms with Crippen LogP contribution < -0.4 is 20.1 Å². The Balaban J connectivity index is 1.65. The monoisotopic (exact) mass is 379 g/mol. The summed E-state index contributed by atoms with van der Waals surface area (Å²) in [5, 5.41) is 14.2. The molecule has 0 amide bonds. The lowest BCUT2D eigenvalue weighted by atomic mass is 10.1. The van der Waals surface area contributed by atoms with Crippen LogP contribution in [0.25, 0.3) is 0 Å². The number of carbonyl (C=O) groups excluding carboxylic acids is 1. The van der Waals surface area contributed by atoms with Crippen molar-refractivity contribution in [3.8, 4) is 11.5 Å². The third-order valence-electron chi connectivity index (χ3n) is 4.02. The Kier molecular flexibility index (Phi) is 6.01. The molecule has 28 heavy (non-hydrogen) atoms. The van der Waals surface area contributed by atoms with Crippen molar-refractivity contribution in [1.29, 1.82) is 0 Å². The molecule has 1 aromatic heterocycles. The Labute approximate surface area is 162 Å². The van der Waals surface area contributed by atoms with Crippen LogP contribution in [0.4, 0.5) is 17.5 Å². The molecule has 0 aliphatic carbocycles. The largest absolute Gasteiger partial charge is 0.493 e. The summed E-state index contributed by atoms with van der Waals surface area (Å²) >= 11 is 0. The van der Waals surface area contributed by atoms with Crippen molar-refractivity contribution in [2.75, 3.05) is 24.9 Å². The molecule has 2 N–H and O–H groups in total. The fourth-order valence-corrected chi connectivity index (χ4v) is 2.55. The number of benzene rings is 2. The molecule has 0 aliphatic rings. The number of nitrogens with zero attached hydrogens (tertiary/aromatic N) is 3. The minimum Gasteiger partial charge on any atom is -0.493 e. The fourth-order valence-electron chi connectivity index (χ4n) is 2.55. The lowest BCUT2D eigenvalue weighted by Gasteiger charge is -2.11. The van der Waals surface area contributed by atoms with Crippen LogP contribution in [-0.4, -0.2) is 35.2 Å². The molecular formula is C20H21N5O3. The van der Waals surface area contributed by atoms with Crippen molar-refractivity contribution in [3.05, 3.63) is 59.8 Å². The third kappa shape index (κ3) is 4.73. The van der Waals surface area contributed by atoms with E-state index in [2.05, 4.69) is 25.8 Å². The van der Waals surface area contributed by atoms with Gasteiger partial charge in [0.15, 0.2) is 23.1 Å². The Morgan fingerprint density at radius 2 is 1.79 bits per heavy atom. The van der Waals surface area contributed by atoms with Crippen molar-refractivity contribution in [1.82, 2.24) is 15.2 Å². The molecule has 0 saturated heterocycles. The normalized spacial score (nSPS) is 10.2. The van der Waals surface area contributed by atoms with Gasteiger partial charge in [0.05, 0.1) is 20.4 Å². The number of Topliss-reactive ketones (excluding diaryl/α,β-unsaturated/α-hetero) is 1. The smallest absolute Gasteiger partial charge is 0.244 e. The molecule has 3 aromatic rings. The van der Waals surface area contributed by atoms with Gasteiger partial charge in [0.1, 0.15) is 0 Å². The predicted molar refractivity (Wildman–Crippen MR) is 106 cm³/mol. The van der Waals surface area contributed by atoms with Gasteiger partial charge in [-0.2, -0.15) is 10.1 Å². The number of anilines is 3. The van der Waals surface area contributed by atoms with Crippen LogP contribution in [0.2, 0.25) is 0 Å². The predicted octanol–water partition coefficient (Wildman–Crippen LogP) is 3.45. The molecule has 144 valence electrons. The van der Waals surface area contributed by atoms with E-state index in [0.29, 0.717) is 35.4 Å². The van der Waals surface area contributed by atoms with Crippen molar-refractivity contribution in [3.63, 3.8) is 0 Å². The lowest BCUT2D eigenvalue weighted by molar-refractivity contribution is 0.101. The van der Waals surface area contributed by atoms with E-state index in [1.807, 2.05) is 30.3 Å². The van der Waals surface area contributed by atoms with E-state index in [0.717, 1.165) is 11.3 Å². The van der Waals surface area contributed by atoms with Gasteiger partial charge in [0.25, 0.3) is 0 Å². The molecule has 0 saturated carbocycles. The molecule has 0 aliphatic heterocycles. The lowest BCUT2D eigenvalue weighted by Crippen LogP contribution is -2.06. The Hall–Kier alpha value is -3.68. The van der Waals surface area contributed by atoms with Gasteiger partial charge in [-0.25, -0.2) is 0 Å². The average Bonchev–Trinajstić information content (AvgIpc) is 2.72. The van der Waals surface area contributed by atoms with Crippen LogP contribution in [0.3, 0.4) is 0 Å². The maximum absolute atomic E-state index is 11.4. The second-order valence-corrected chi connectivity index (χ2v) is 5.97. The zero-order valence-electron chi connectivity index (χ0n) is 15.9. The number of hydrogen-bond acceptors (Lipinski definition) is 8. The summed E-state index contributed by atoms with van der Waals surface area (Å²) in [4.78, 5) is 15.7. The number of carbonyl (C=O) groups is 1. The van der Waals surface area contributed by atoms with E-state index in [1.165, 1.54) is 13.1 Å². The summed E-state index contributed by atoms with van der Waals surface area (Å²) < 4.78 is 10.5. The first-order chi connectivity index (χ1) is 13.6. The van der Waals surface area contributed by atoms with Gasteiger partial charge < -0.3 is 20.1 Å². The van der Waals surface area contributed by atoms with Crippen molar-refractivity contribution in [2.24, 2.45) is 0 Å². The van der Waals surface area contributed by atoms with Crippen molar-refractivity contribution >= 4 is 23.2 Å². The highest BCUT2D eigenvalue weighted by Crippen LogP contribution is 2.27. The van der Waals surface area contributed by atoms with Gasteiger partial charge in [0.2, 0.25) is 5.95 Å². The Morgan fingerprint density at radius 1 is 1.04 bits per heavy atom. The number of hydrogen-bond donors (Lipinski definition) is 2. The molecule has 3 rings (SSSR count). The molecule has 8 heteroatoms. The molecule has 0 spiro atoms. The van der Waals surface area contributed by atoms with Gasteiger partial charge in [-0.05, 0) is 48.9 Å². The zero-order valence-corrected chi connectivity index (χ0v) is 15.9. The van der Waals surface area contributed by atoms with E-state index in [9.17, 15) is 4.79 Å². The fraction of sp³-hybridized carbons (Fsp3) is 0.200. The number of methoxy groups -OCH3 is 2. The summed E-state index contributed by atoms with van der Waals surface area (Å²) in [5.74, 6) is 2.29. The molecule has 0 atom stereocenters.